The Hall–Kier alpha value is -1.88. The molecule has 1 aliphatic rings. The van der Waals surface area contributed by atoms with Gasteiger partial charge in [-0.2, -0.15) is 11.8 Å². The van der Waals surface area contributed by atoms with E-state index in [1.54, 1.807) is 7.11 Å². The molecule has 122 valence electrons. The summed E-state index contributed by atoms with van der Waals surface area (Å²) in [6.45, 7) is 1.49. The summed E-state index contributed by atoms with van der Waals surface area (Å²) in [6.07, 6.45) is 5.27. The summed E-state index contributed by atoms with van der Waals surface area (Å²) in [6, 6.07) is 12.5. The molecule has 1 aromatic heterocycles. The number of thioether (sulfide) groups is 1. The van der Waals surface area contributed by atoms with Gasteiger partial charge < -0.3 is 14.0 Å². The van der Waals surface area contributed by atoms with Crippen LogP contribution in [0.5, 0.6) is 5.75 Å². The first-order valence-electron chi connectivity index (χ1n) is 7.78. The first-order valence-corrected chi connectivity index (χ1v) is 9.17. The van der Waals surface area contributed by atoms with Crippen LogP contribution in [0.3, 0.4) is 0 Å². The van der Waals surface area contributed by atoms with E-state index in [0.29, 0.717) is 12.6 Å². The first kappa shape index (κ1) is 16.0. The molecular formula is C18H22N2O2S. The van der Waals surface area contributed by atoms with E-state index in [2.05, 4.69) is 35.2 Å². The van der Waals surface area contributed by atoms with Crippen LogP contribution in [0.25, 0.3) is 0 Å². The zero-order valence-electron chi connectivity index (χ0n) is 13.6. The van der Waals surface area contributed by atoms with Gasteiger partial charge in [0, 0.05) is 12.7 Å². The molecule has 0 amide bonds. The predicted octanol–water partition coefficient (Wildman–Crippen LogP) is 3.44. The molecule has 1 aliphatic heterocycles. The van der Waals surface area contributed by atoms with Crippen LogP contribution in [-0.4, -0.2) is 42.2 Å². The van der Waals surface area contributed by atoms with Crippen molar-refractivity contribution >= 4 is 17.7 Å². The third kappa shape index (κ3) is 3.91. The van der Waals surface area contributed by atoms with E-state index >= 15 is 0 Å². The molecule has 0 saturated carbocycles. The minimum atomic E-state index is 0.293. The average molecular weight is 330 g/mol. The van der Waals surface area contributed by atoms with Gasteiger partial charge in [0.25, 0.3) is 0 Å². The number of ether oxygens (including phenoxy) is 2. The monoisotopic (exact) mass is 330 g/mol. The van der Waals surface area contributed by atoms with Crippen molar-refractivity contribution in [3.05, 3.63) is 53.9 Å². The van der Waals surface area contributed by atoms with E-state index < -0.39 is 0 Å². The molecule has 0 fully saturated rings. The Bertz CT molecular complexity index is 664. The number of hydrogen-bond donors (Lipinski definition) is 0. The highest BCUT2D eigenvalue weighted by atomic mass is 32.2. The lowest BCUT2D eigenvalue weighted by Crippen LogP contribution is -2.10. The van der Waals surface area contributed by atoms with Crippen molar-refractivity contribution < 1.29 is 9.47 Å². The Kier molecular flexibility index (Phi) is 5.28. The number of aliphatic imine (C=N–C) groups is 1. The van der Waals surface area contributed by atoms with Gasteiger partial charge in [-0.15, -0.1) is 0 Å². The van der Waals surface area contributed by atoms with Gasteiger partial charge in [0.2, 0.25) is 5.90 Å². The molecule has 0 spiro atoms. The van der Waals surface area contributed by atoms with Gasteiger partial charge in [0.15, 0.2) is 0 Å². The second-order valence-corrected chi connectivity index (χ2v) is 6.54. The van der Waals surface area contributed by atoms with Crippen molar-refractivity contribution in [1.29, 1.82) is 0 Å². The van der Waals surface area contributed by atoms with Crippen molar-refractivity contribution in [1.82, 2.24) is 4.57 Å². The van der Waals surface area contributed by atoms with Crippen molar-refractivity contribution in [3.63, 3.8) is 0 Å². The summed E-state index contributed by atoms with van der Waals surface area (Å²) >= 11 is 1.85. The van der Waals surface area contributed by atoms with Crippen LogP contribution < -0.4 is 4.74 Å². The zero-order chi connectivity index (χ0) is 16.1. The number of hydrogen-bond acceptors (Lipinski definition) is 4. The van der Waals surface area contributed by atoms with Gasteiger partial charge in [-0.05, 0) is 48.3 Å². The zero-order valence-corrected chi connectivity index (χ0v) is 14.4. The highest BCUT2D eigenvalue weighted by Crippen LogP contribution is 2.18. The van der Waals surface area contributed by atoms with Gasteiger partial charge in [0.05, 0.1) is 13.2 Å². The average Bonchev–Trinajstić information content (AvgIpc) is 3.22. The maximum atomic E-state index is 5.82. The van der Waals surface area contributed by atoms with Crippen LogP contribution in [0.15, 0.2) is 47.6 Å². The van der Waals surface area contributed by atoms with Gasteiger partial charge in [-0.1, -0.05) is 12.1 Å². The molecule has 2 heterocycles. The van der Waals surface area contributed by atoms with Crippen molar-refractivity contribution in [2.75, 3.05) is 25.7 Å². The lowest BCUT2D eigenvalue weighted by atomic mass is 10.2. The van der Waals surface area contributed by atoms with Gasteiger partial charge >= 0.3 is 0 Å². The molecular weight excluding hydrogens is 308 g/mol. The summed E-state index contributed by atoms with van der Waals surface area (Å²) in [5.74, 6) is 2.77. The van der Waals surface area contributed by atoms with Crippen LogP contribution in [0, 0.1) is 0 Å². The fourth-order valence-electron chi connectivity index (χ4n) is 2.63. The van der Waals surface area contributed by atoms with Gasteiger partial charge in [-0.25, -0.2) is 4.99 Å². The Labute approximate surface area is 141 Å². The van der Waals surface area contributed by atoms with Crippen LogP contribution in [0.2, 0.25) is 0 Å². The Balaban J connectivity index is 1.72. The van der Waals surface area contributed by atoms with Crippen LogP contribution in [-0.2, 0) is 11.3 Å². The van der Waals surface area contributed by atoms with Crippen LogP contribution >= 0.6 is 11.8 Å². The second kappa shape index (κ2) is 7.59. The van der Waals surface area contributed by atoms with Crippen molar-refractivity contribution in [2.24, 2.45) is 4.99 Å². The number of benzene rings is 1. The highest BCUT2D eigenvalue weighted by molar-refractivity contribution is 7.98. The molecule has 5 heteroatoms. The summed E-state index contributed by atoms with van der Waals surface area (Å²) in [5.41, 5.74) is 2.27. The number of nitrogens with zero attached hydrogens (tertiary/aromatic N) is 2. The lowest BCUT2D eigenvalue weighted by Gasteiger charge is -2.09. The molecule has 4 nitrogen and oxygen atoms in total. The van der Waals surface area contributed by atoms with Crippen LogP contribution in [0.1, 0.15) is 17.7 Å². The Morgan fingerprint density at radius 3 is 2.87 bits per heavy atom. The maximum Gasteiger partial charge on any atom is 0.233 e. The van der Waals surface area contributed by atoms with E-state index in [1.165, 1.54) is 5.56 Å². The molecule has 2 aromatic rings. The first-order chi connectivity index (χ1) is 11.3. The SMILES string of the molecule is COc1ccc(Cn2cccc2C2=N[C@@H](CCSC)CO2)cc1. The van der Waals surface area contributed by atoms with E-state index in [-0.39, 0.29) is 0 Å². The molecule has 0 saturated heterocycles. The predicted molar refractivity (Wildman–Crippen MR) is 95.8 cm³/mol. The standard InChI is InChI=1S/C18H22N2O2S/c1-21-16-7-5-14(6-8-16)12-20-10-3-4-17(20)18-19-15(13-22-18)9-11-23-2/h3-8,10,15H,9,11-13H2,1-2H3/t15-/m0/s1. The number of aromatic nitrogens is 1. The molecule has 1 aromatic carbocycles. The molecule has 3 rings (SSSR count). The third-order valence-electron chi connectivity index (χ3n) is 3.93. The molecule has 0 N–H and O–H groups in total. The largest absolute Gasteiger partial charge is 0.497 e. The molecule has 0 bridgehead atoms. The Morgan fingerprint density at radius 1 is 1.30 bits per heavy atom. The molecule has 0 radical (unpaired) electrons. The second-order valence-electron chi connectivity index (χ2n) is 5.55. The Morgan fingerprint density at radius 2 is 2.13 bits per heavy atom. The van der Waals surface area contributed by atoms with E-state index in [0.717, 1.165) is 36.1 Å². The summed E-state index contributed by atoms with van der Waals surface area (Å²) in [5, 5.41) is 0. The number of methoxy groups -OCH3 is 1. The highest BCUT2D eigenvalue weighted by Gasteiger charge is 2.21. The van der Waals surface area contributed by atoms with Crippen molar-refractivity contribution in [2.45, 2.75) is 19.0 Å². The van der Waals surface area contributed by atoms with E-state index in [4.69, 9.17) is 14.5 Å². The smallest absolute Gasteiger partial charge is 0.233 e. The molecule has 0 aliphatic carbocycles. The minimum absolute atomic E-state index is 0.293. The molecule has 1 atom stereocenters. The third-order valence-corrected chi connectivity index (χ3v) is 4.57. The van der Waals surface area contributed by atoms with Crippen molar-refractivity contribution in [3.8, 4) is 5.75 Å². The lowest BCUT2D eigenvalue weighted by molar-refractivity contribution is 0.314. The van der Waals surface area contributed by atoms with Crippen LogP contribution in [0.4, 0.5) is 0 Å². The van der Waals surface area contributed by atoms with Gasteiger partial charge in [-0.3, -0.25) is 0 Å². The quantitative estimate of drug-likeness (QED) is 0.780. The summed E-state index contributed by atoms with van der Waals surface area (Å²) in [7, 11) is 1.68. The van der Waals surface area contributed by atoms with Gasteiger partial charge in [0.1, 0.15) is 18.1 Å². The summed E-state index contributed by atoms with van der Waals surface area (Å²) in [4.78, 5) is 4.74. The molecule has 0 unspecified atom stereocenters. The number of rotatable bonds is 7. The topological polar surface area (TPSA) is 35.8 Å². The van der Waals surface area contributed by atoms with E-state index in [1.807, 2.05) is 30.0 Å². The summed E-state index contributed by atoms with van der Waals surface area (Å²) < 4.78 is 13.2. The fraction of sp³-hybridized carbons (Fsp3) is 0.389. The maximum absolute atomic E-state index is 5.82. The fourth-order valence-corrected chi connectivity index (χ4v) is 3.14. The molecule has 23 heavy (non-hydrogen) atoms. The normalized spacial score (nSPS) is 17.0. The minimum Gasteiger partial charge on any atom is -0.497 e. The van der Waals surface area contributed by atoms with E-state index in [9.17, 15) is 0 Å².